The molecule has 21 heavy (non-hydrogen) atoms. The van der Waals surface area contributed by atoms with Crippen molar-refractivity contribution < 1.29 is 14.5 Å². The Morgan fingerprint density at radius 2 is 2.24 bits per heavy atom. The van der Waals surface area contributed by atoms with E-state index < -0.39 is 4.92 Å². The summed E-state index contributed by atoms with van der Waals surface area (Å²) in [6, 6.07) is 1.27. The highest BCUT2D eigenvalue weighted by Crippen LogP contribution is 2.04. The lowest BCUT2D eigenvalue weighted by Gasteiger charge is -2.26. The van der Waals surface area contributed by atoms with Crippen LogP contribution in [0, 0.1) is 10.1 Å². The van der Waals surface area contributed by atoms with E-state index in [2.05, 4.69) is 15.3 Å². The van der Waals surface area contributed by atoms with E-state index in [4.69, 9.17) is 4.74 Å². The minimum Gasteiger partial charge on any atom is -0.379 e. The molecular weight excluding hydrogens is 278 g/mol. The Kier molecular flexibility index (Phi) is 5.64. The molecule has 0 bridgehead atoms. The number of hydrogen-bond acceptors (Lipinski definition) is 6. The molecule has 1 amide bonds. The number of morpholine rings is 1. The summed E-state index contributed by atoms with van der Waals surface area (Å²) >= 11 is 0. The number of ether oxygens (including phenoxy) is 1. The van der Waals surface area contributed by atoms with Crippen molar-refractivity contribution in [3.63, 3.8) is 0 Å². The molecule has 1 aliphatic heterocycles. The van der Waals surface area contributed by atoms with E-state index in [1.807, 2.05) is 0 Å². The predicted octanol–water partition coefficient (Wildman–Crippen LogP) is -0.370. The molecule has 0 spiro atoms. The summed E-state index contributed by atoms with van der Waals surface area (Å²) in [5.74, 6) is -0.454. The van der Waals surface area contributed by atoms with Crippen molar-refractivity contribution in [2.24, 2.45) is 0 Å². The number of nitrogens with one attached hydrogen (secondary N) is 1. The second-order valence-electron chi connectivity index (χ2n) is 4.79. The first-order valence-corrected chi connectivity index (χ1v) is 6.90. The van der Waals surface area contributed by atoms with E-state index in [0.29, 0.717) is 6.54 Å². The maximum absolute atomic E-state index is 11.7. The zero-order valence-electron chi connectivity index (χ0n) is 11.7. The Labute approximate surface area is 122 Å². The van der Waals surface area contributed by atoms with Crippen molar-refractivity contribution in [1.29, 1.82) is 0 Å². The highest BCUT2D eigenvalue weighted by atomic mass is 16.6. The summed E-state index contributed by atoms with van der Waals surface area (Å²) in [6.07, 6.45) is 2.29. The average Bonchev–Trinajstić information content (AvgIpc) is 2.93. The monoisotopic (exact) mass is 297 g/mol. The zero-order chi connectivity index (χ0) is 15.1. The van der Waals surface area contributed by atoms with Gasteiger partial charge in [0.1, 0.15) is 6.54 Å². The number of rotatable bonds is 7. The molecule has 2 heterocycles. The SMILES string of the molecule is O=C(Cn1ccc([N+](=O)[O-])n1)NCCCN1CCOCC1. The molecule has 1 aromatic rings. The highest BCUT2D eigenvalue weighted by molar-refractivity contribution is 5.75. The van der Waals surface area contributed by atoms with Gasteiger partial charge in [-0.3, -0.25) is 9.69 Å². The smallest absolute Gasteiger partial charge is 0.379 e. The quantitative estimate of drug-likeness (QED) is 0.418. The lowest BCUT2D eigenvalue weighted by Crippen LogP contribution is -2.38. The van der Waals surface area contributed by atoms with Crippen LogP contribution in [0.5, 0.6) is 0 Å². The van der Waals surface area contributed by atoms with E-state index in [-0.39, 0.29) is 18.3 Å². The van der Waals surface area contributed by atoms with Crippen LogP contribution in [0.2, 0.25) is 0 Å². The second kappa shape index (κ2) is 7.70. The first-order chi connectivity index (χ1) is 10.1. The van der Waals surface area contributed by atoms with Crippen LogP contribution in [0.25, 0.3) is 0 Å². The highest BCUT2D eigenvalue weighted by Gasteiger charge is 2.13. The van der Waals surface area contributed by atoms with Crippen molar-refractivity contribution >= 4 is 11.7 Å². The molecule has 1 aliphatic rings. The van der Waals surface area contributed by atoms with Crippen LogP contribution in [-0.2, 0) is 16.1 Å². The van der Waals surface area contributed by atoms with E-state index in [9.17, 15) is 14.9 Å². The molecule has 9 heteroatoms. The molecule has 2 rings (SSSR count). The van der Waals surface area contributed by atoms with Crippen LogP contribution in [0.1, 0.15) is 6.42 Å². The van der Waals surface area contributed by atoms with Crippen LogP contribution in [0.3, 0.4) is 0 Å². The molecular formula is C12H19N5O4. The maximum atomic E-state index is 11.7. The number of nitrogens with zero attached hydrogens (tertiary/aromatic N) is 4. The van der Waals surface area contributed by atoms with Crippen molar-refractivity contribution in [2.45, 2.75) is 13.0 Å². The third kappa shape index (κ3) is 5.12. The van der Waals surface area contributed by atoms with Gasteiger partial charge >= 0.3 is 5.82 Å². The van der Waals surface area contributed by atoms with Gasteiger partial charge in [-0.05, 0) is 17.9 Å². The summed E-state index contributed by atoms with van der Waals surface area (Å²) in [6.45, 7) is 4.91. The Morgan fingerprint density at radius 3 is 2.90 bits per heavy atom. The van der Waals surface area contributed by atoms with Crippen molar-refractivity contribution in [1.82, 2.24) is 20.0 Å². The molecule has 0 radical (unpaired) electrons. The van der Waals surface area contributed by atoms with Gasteiger partial charge in [0, 0.05) is 19.6 Å². The number of amides is 1. The Bertz CT molecular complexity index is 484. The minimum absolute atomic E-state index is 0.00854. The minimum atomic E-state index is -0.587. The fraction of sp³-hybridized carbons (Fsp3) is 0.667. The number of carbonyl (C=O) groups is 1. The first kappa shape index (κ1) is 15.4. The molecule has 1 saturated heterocycles. The summed E-state index contributed by atoms with van der Waals surface area (Å²) in [4.78, 5) is 23.9. The normalized spacial score (nSPS) is 15.8. The molecule has 0 aromatic carbocycles. The third-order valence-electron chi connectivity index (χ3n) is 3.20. The largest absolute Gasteiger partial charge is 0.389 e. The Balaban J connectivity index is 1.61. The number of carbonyl (C=O) groups excluding carboxylic acids is 1. The summed E-state index contributed by atoms with van der Waals surface area (Å²) in [7, 11) is 0. The molecule has 116 valence electrons. The van der Waals surface area contributed by atoms with Gasteiger partial charge in [0.25, 0.3) is 0 Å². The molecule has 0 unspecified atom stereocenters. The van der Waals surface area contributed by atoms with Gasteiger partial charge in [0.05, 0.1) is 30.6 Å². The standard InChI is InChI=1S/C12H19N5O4/c18-12(10-16-5-2-11(14-16)17(19)20)13-3-1-4-15-6-8-21-9-7-15/h2,5H,1,3-4,6-10H2,(H,13,18). The van der Waals surface area contributed by atoms with E-state index >= 15 is 0 Å². The van der Waals surface area contributed by atoms with Gasteiger partial charge in [-0.2, -0.15) is 4.68 Å². The lowest BCUT2D eigenvalue weighted by molar-refractivity contribution is -0.389. The molecule has 1 N–H and O–H groups in total. The molecule has 9 nitrogen and oxygen atoms in total. The Hall–Kier alpha value is -2.00. The van der Waals surface area contributed by atoms with Gasteiger partial charge in [-0.15, -0.1) is 0 Å². The van der Waals surface area contributed by atoms with Crippen LogP contribution >= 0.6 is 0 Å². The molecule has 1 aromatic heterocycles. The molecule has 1 fully saturated rings. The van der Waals surface area contributed by atoms with Crippen LogP contribution < -0.4 is 5.32 Å². The van der Waals surface area contributed by atoms with Crippen LogP contribution in [0.4, 0.5) is 5.82 Å². The third-order valence-corrected chi connectivity index (χ3v) is 3.20. The Morgan fingerprint density at radius 1 is 1.48 bits per heavy atom. The van der Waals surface area contributed by atoms with E-state index in [1.165, 1.54) is 16.9 Å². The fourth-order valence-electron chi connectivity index (χ4n) is 2.09. The van der Waals surface area contributed by atoms with Gasteiger partial charge in [0.15, 0.2) is 0 Å². The van der Waals surface area contributed by atoms with Crippen molar-refractivity contribution in [2.75, 3.05) is 39.4 Å². The van der Waals surface area contributed by atoms with E-state index in [0.717, 1.165) is 39.3 Å². The summed E-state index contributed by atoms with van der Waals surface area (Å²) in [5.41, 5.74) is 0. The summed E-state index contributed by atoms with van der Waals surface area (Å²) < 4.78 is 6.52. The van der Waals surface area contributed by atoms with Crippen LogP contribution in [-0.4, -0.2) is 64.9 Å². The predicted molar refractivity (Wildman–Crippen MR) is 73.8 cm³/mol. The van der Waals surface area contributed by atoms with Gasteiger partial charge in [-0.25, -0.2) is 0 Å². The van der Waals surface area contributed by atoms with Gasteiger partial charge in [-0.1, -0.05) is 0 Å². The zero-order valence-corrected chi connectivity index (χ0v) is 11.7. The van der Waals surface area contributed by atoms with Crippen molar-refractivity contribution in [3.8, 4) is 0 Å². The molecule has 0 saturated carbocycles. The van der Waals surface area contributed by atoms with Crippen LogP contribution in [0.15, 0.2) is 12.3 Å². The molecule has 0 aliphatic carbocycles. The number of hydrogen-bond donors (Lipinski definition) is 1. The summed E-state index contributed by atoms with van der Waals surface area (Å²) in [5, 5.41) is 16.9. The second-order valence-corrected chi connectivity index (χ2v) is 4.79. The molecule has 0 atom stereocenters. The van der Waals surface area contributed by atoms with E-state index in [1.54, 1.807) is 0 Å². The maximum Gasteiger partial charge on any atom is 0.389 e. The number of nitro groups is 1. The first-order valence-electron chi connectivity index (χ1n) is 6.90. The average molecular weight is 297 g/mol. The topological polar surface area (TPSA) is 103 Å². The van der Waals surface area contributed by atoms with Gasteiger partial charge < -0.3 is 20.2 Å². The number of aromatic nitrogens is 2. The van der Waals surface area contributed by atoms with Gasteiger partial charge in [0.2, 0.25) is 5.91 Å². The fourth-order valence-corrected chi connectivity index (χ4v) is 2.09. The van der Waals surface area contributed by atoms with Crippen molar-refractivity contribution in [3.05, 3.63) is 22.4 Å². The lowest BCUT2D eigenvalue weighted by atomic mass is 10.3.